The smallest absolute Gasteiger partial charge is 0.226 e. The van der Waals surface area contributed by atoms with Crippen molar-refractivity contribution >= 4 is 22.4 Å². The van der Waals surface area contributed by atoms with Gasteiger partial charge in [-0.05, 0) is 54.2 Å². The lowest BCUT2D eigenvalue weighted by atomic mass is 10.0. The summed E-state index contributed by atoms with van der Waals surface area (Å²) in [7, 11) is 0. The summed E-state index contributed by atoms with van der Waals surface area (Å²) < 4.78 is 5.61. The quantitative estimate of drug-likeness (QED) is 0.452. The number of rotatable bonds is 9. The third-order valence-electron chi connectivity index (χ3n) is 4.66. The van der Waals surface area contributed by atoms with Gasteiger partial charge in [-0.3, -0.25) is 4.79 Å². The number of hydrogen-bond acceptors (Lipinski definition) is 4. The van der Waals surface area contributed by atoms with Crippen molar-refractivity contribution in [3.8, 4) is 17.0 Å². The Balaban J connectivity index is 1.52. The topological polar surface area (TPSA) is 51.2 Å². The summed E-state index contributed by atoms with van der Waals surface area (Å²) in [6.07, 6.45) is 2.15. The number of amides is 1. The van der Waals surface area contributed by atoms with Gasteiger partial charge in [0, 0.05) is 17.4 Å². The van der Waals surface area contributed by atoms with E-state index in [4.69, 9.17) is 4.74 Å². The number of nitrogens with one attached hydrogen (secondary N) is 1. The lowest BCUT2D eigenvalue weighted by Gasteiger charge is -2.07. The third-order valence-corrected chi connectivity index (χ3v) is 5.42. The van der Waals surface area contributed by atoms with Crippen molar-refractivity contribution < 1.29 is 9.53 Å². The monoisotopic (exact) mass is 408 g/mol. The Labute approximate surface area is 177 Å². The first kappa shape index (κ1) is 21.1. The number of ether oxygens (including phenoxy) is 1. The fraction of sp³-hybridized carbons (Fsp3) is 0.333. The molecule has 3 rings (SSSR count). The Morgan fingerprint density at radius 1 is 1.10 bits per heavy atom. The van der Waals surface area contributed by atoms with Gasteiger partial charge in [0.05, 0.1) is 12.3 Å². The van der Waals surface area contributed by atoms with E-state index in [1.54, 1.807) is 0 Å². The number of anilines is 1. The molecule has 3 aromatic rings. The molecule has 0 spiro atoms. The summed E-state index contributed by atoms with van der Waals surface area (Å²) >= 11 is 1.44. The van der Waals surface area contributed by atoms with Crippen LogP contribution >= 0.6 is 11.3 Å². The van der Waals surface area contributed by atoms with Crippen LogP contribution in [0.5, 0.6) is 5.75 Å². The predicted octanol–water partition coefficient (Wildman–Crippen LogP) is 6.29. The van der Waals surface area contributed by atoms with E-state index < -0.39 is 0 Å². The van der Waals surface area contributed by atoms with Crippen molar-refractivity contribution in [2.45, 2.75) is 46.0 Å². The molecule has 0 radical (unpaired) electrons. The van der Waals surface area contributed by atoms with E-state index in [0.29, 0.717) is 24.1 Å². The fourth-order valence-corrected chi connectivity index (χ4v) is 3.65. The zero-order valence-corrected chi connectivity index (χ0v) is 18.1. The molecule has 29 heavy (non-hydrogen) atoms. The highest BCUT2D eigenvalue weighted by atomic mass is 32.1. The Kier molecular flexibility index (Phi) is 7.42. The maximum Gasteiger partial charge on any atom is 0.226 e. The molecular weight excluding hydrogens is 380 g/mol. The van der Waals surface area contributed by atoms with E-state index in [2.05, 4.69) is 55.3 Å². The number of nitrogens with zero attached hydrogens (tertiary/aromatic N) is 1. The zero-order valence-electron chi connectivity index (χ0n) is 17.3. The summed E-state index contributed by atoms with van der Waals surface area (Å²) in [5.74, 6) is 1.37. The van der Waals surface area contributed by atoms with Gasteiger partial charge in [0.15, 0.2) is 5.13 Å². The highest BCUT2D eigenvalue weighted by Crippen LogP contribution is 2.26. The maximum absolute atomic E-state index is 12.3. The number of carbonyl (C=O) groups is 1. The molecule has 0 aliphatic heterocycles. The summed E-state index contributed by atoms with van der Waals surface area (Å²) in [4.78, 5) is 16.8. The van der Waals surface area contributed by atoms with E-state index in [1.807, 2.05) is 29.6 Å². The highest BCUT2D eigenvalue weighted by molar-refractivity contribution is 7.14. The number of hydrogen-bond donors (Lipinski definition) is 1. The average Bonchev–Trinajstić information content (AvgIpc) is 3.19. The summed E-state index contributed by atoms with van der Waals surface area (Å²) in [5, 5.41) is 5.51. The van der Waals surface area contributed by atoms with Crippen LogP contribution in [0.25, 0.3) is 11.3 Å². The number of carbonyl (C=O) groups excluding carboxylic acids is 1. The normalized spacial score (nSPS) is 10.9. The van der Waals surface area contributed by atoms with Crippen LogP contribution in [-0.2, 0) is 11.2 Å². The van der Waals surface area contributed by atoms with Gasteiger partial charge in [0.25, 0.3) is 0 Å². The first-order valence-electron chi connectivity index (χ1n) is 10.1. The van der Waals surface area contributed by atoms with E-state index in [0.717, 1.165) is 29.8 Å². The van der Waals surface area contributed by atoms with E-state index in [1.165, 1.54) is 22.5 Å². The van der Waals surface area contributed by atoms with Gasteiger partial charge in [-0.1, -0.05) is 45.0 Å². The van der Waals surface area contributed by atoms with Crippen LogP contribution in [0.15, 0.2) is 53.9 Å². The Morgan fingerprint density at radius 2 is 1.83 bits per heavy atom. The van der Waals surface area contributed by atoms with Gasteiger partial charge >= 0.3 is 0 Å². The van der Waals surface area contributed by atoms with Gasteiger partial charge in [-0.15, -0.1) is 11.3 Å². The van der Waals surface area contributed by atoms with Crippen molar-refractivity contribution in [2.75, 3.05) is 11.9 Å². The molecule has 1 heterocycles. The molecular formula is C24H28N2O2S. The van der Waals surface area contributed by atoms with Crippen molar-refractivity contribution in [3.63, 3.8) is 0 Å². The largest absolute Gasteiger partial charge is 0.494 e. The minimum Gasteiger partial charge on any atom is -0.494 e. The van der Waals surface area contributed by atoms with Crippen molar-refractivity contribution in [1.82, 2.24) is 4.98 Å². The molecule has 0 saturated carbocycles. The molecule has 1 N–H and O–H groups in total. The van der Waals surface area contributed by atoms with Crippen molar-refractivity contribution in [2.24, 2.45) is 0 Å². The zero-order chi connectivity index (χ0) is 20.6. The molecule has 0 bridgehead atoms. The second kappa shape index (κ2) is 10.2. The Bertz CT molecular complexity index is 915. The van der Waals surface area contributed by atoms with Gasteiger partial charge in [-0.2, -0.15) is 0 Å². The Hall–Kier alpha value is -2.66. The minimum atomic E-state index is -0.0119. The lowest BCUT2D eigenvalue weighted by Crippen LogP contribution is -2.12. The molecule has 0 saturated heterocycles. The predicted molar refractivity (Wildman–Crippen MR) is 121 cm³/mol. The van der Waals surface area contributed by atoms with E-state index in [-0.39, 0.29) is 5.91 Å². The standard InChI is InChI=1S/C24H28N2O2S/c1-4-15-28-21-12-10-20(11-13-21)22-16-29-24(25-22)26-23(27)14-7-18-5-8-19(9-6-18)17(2)3/h5-6,8-13,16-17H,4,7,14-15H2,1-3H3,(H,25,26,27). The highest BCUT2D eigenvalue weighted by Gasteiger charge is 2.09. The van der Waals surface area contributed by atoms with Crippen LogP contribution in [0, 0.1) is 0 Å². The molecule has 0 aliphatic carbocycles. The molecule has 5 heteroatoms. The second-order valence-electron chi connectivity index (χ2n) is 7.36. The molecule has 152 valence electrons. The Morgan fingerprint density at radius 3 is 2.48 bits per heavy atom. The third kappa shape index (κ3) is 6.16. The molecule has 2 aromatic carbocycles. The van der Waals surface area contributed by atoms with Crippen molar-refractivity contribution in [3.05, 3.63) is 65.0 Å². The van der Waals surface area contributed by atoms with Crippen LogP contribution in [0.3, 0.4) is 0 Å². The van der Waals surface area contributed by atoms with Crippen molar-refractivity contribution in [1.29, 1.82) is 0 Å². The number of thiazole rings is 1. The molecule has 4 nitrogen and oxygen atoms in total. The van der Waals surface area contributed by atoms with Gasteiger partial charge < -0.3 is 10.1 Å². The maximum atomic E-state index is 12.3. The fourth-order valence-electron chi connectivity index (χ4n) is 2.91. The number of aromatic nitrogens is 1. The first-order valence-corrected chi connectivity index (χ1v) is 11.0. The summed E-state index contributed by atoms with van der Waals surface area (Å²) in [6.45, 7) is 7.16. The van der Waals surface area contributed by atoms with E-state index >= 15 is 0 Å². The molecule has 0 unspecified atom stereocenters. The van der Waals surface area contributed by atoms with Crippen LogP contribution in [-0.4, -0.2) is 17.5 Å². The van der Waals surface area contributed by atoms with Gasteiger partial charge in [0.1, 0.15) is 5.75 Å². The lowest BCUT2D eigenvalue weighted by molar-refractivity contribution is -0.116. The molecule has 0 atom stereocenters. The van der Waals surface area contributed by atoms with Crippen LogP contribution in [0.1, 0.15) is 50.7 Å². The molecule has 0 fully saturated rings. The van der Waals surface area contributed by atoms with Gasteiger partial charge in [-0.25, -0.2) is 4.98 Å². The van der Waals surface area contributed by atoms with Gasteiger partial charge in [0.2, 0.25) is 5.91 Å². The average molecular weight is 409 g/mol. The first-order chi connectivity index (χ1) is 14.0. The molecule has 1 aromatic heterocycles. The van der Waals surface area contributed by atoms with Crippen LogP contribution in [0.4, 0.5) is 5.13 Å². The van der Waals surface area contributed by atoms with E-state index in [9.17, 15) is 4.79 Å². The second-order valence-corrected chi connectivity index (χ2v) is 8.21. The number of benzene rings is 2. The summed E-state index contributed by atoms with van der Waals surface area (Å²) in [6, 6.07) is 16.4. The summed E-state index contributed by atoms with van der Waals surface area (Å²) in [5.41, 5.74) is 4.36. The molecule has 0 aliphatic rings. The SMILES string of the molecule is CCCOc1ccc(-c2csc(NC(=O)CCc3ccc(C(C)C)cc3)n2)cc1. The number of aryl methyl sites for hydroxylation is 1. The molecule has 1 amide bonds. The minimum absolute atomic E-state index is 0.0119. The van der Waals surface area contributed by atoms with Crippen LogP contribution in [0.2, 0.25) is 0 Å². The van der Waals surface area contributed by atoms with Crippen LogP contribution < -0.4 is 10.1 Å².